The number of aromatic amines is 1. The Bertz CT molecular complexity index is 643. The first-order chi connectivity index (χ1) is 8.54. The van der Waals surface area contributed by atoms with E-state index >= 15 is 0 Å². The maximum absolute atomic E-state index is 12.0. The summed E-state index contributed by atoms with van der Waals surface area (Å²) < 4.78 is 5.26. The van der Waals surface area contributed by atoms with Gasteiger partial charge in [0.25, 0.3) is 11.5 Å². The van der Waals surface area contributed by atoms with Gasteiger partial charge in [-0.25, -0.2) is 4.98 Å². The molecule has 2 aromatic heterocycles. The highest BCUT2D eigenvalue weighted by Gasteiger charge is 2.22. The number of nitrogens with one attached hydrogen (secondary N) is 2. The highest BCUT2D eigenvalue weighted by Crippen LogP contribution is 2.20. The number of fused-ring (bicyclic) bond motifs is 1. The van der Waals surface area contributed by atoms with Crippen LogP contribution >= 0.6 is 0 Å². The molecule has 1 amide bonds. The van der Waals surface area contributed by atoms with Gasteiger partial charge in [0.2, 0.25) is 5.71 Å². The minimum Gasteiger partial charge on any atom is -0.442 e. The molecule has 0 radical (unpaired) electrons. The van der Waals surface area contributed by atoms with Gasteiger partial charge in [0.15, 0.2) is 0 Å². The van der Waals surface area contributed by atoms with E-state index in [0.717, 1.165) is 0 Å². The number of H-pyrrole nitrogens is 1. The Morgan fingerprint density at radius 3 is 3.06 bits per heavy atom. The van der Waals surface area contributed by atoms with E-state index < -0.39 is 17.5 Å². The summed E-state index contributed by atoms with van der Waals surface area (Å²) in [5.41, 5.74) is -0.156. The van der Waals surface area contributed by atoms with Crippen molar-refractivity contribution in [1.82, 2.24) is 15.3 Å². The van der Waals surface area contributed by atoms with Gasteiger partial charge in [-0.2, -0.15) is 0 Å². The van der Waals surface area contributed by atoms with Crippen molar-refractivity contribution in [3.05, 3.63) is 28.0 Å². The lowest BCUT2D eigenvalue weighted by atomic mass is 10.1. The zero-order chi connectivity index (χ0) is 13.3. The van der Waals surface area contributed by atoms with Crippen LogP contribution in [0.5, 0.6) is 0 Å². The summed E-state index contributed by atoms with van der Waals surface area (Å²) in [5.74, 6) is -0.150. The second-order valence-electron chi connectivity index (χ2n) is 4.00. The minimum absolute atomic E-state index is 0.123. The fraction of sp³-hybridized carbons (Fsp3) is 0.364. The average molecular weight is 251 g/mol. The van der Waals surface area contributed by atoms with Crippen LogP contribution in [0.3, 0.4) is 0 Å². The molecule has 7 heteroatoms. The molecule has 0 unspecified atom stereocenters. The molecule has 0 aliphatic rings. The average Bonchev–Trinajstić information content (AvgIpc) is 2.66. The SMILES string of the molecule is Cc1oc2nc[nH]c(=O)c2c1C(=O)N[C@H](C)CO. The van der Waals surface area contributed by atoms with Crippen LogP contribution in [0.25, 0.3) is 11.1 Å². The molecular weight excluding hydrogens is 238 g/mol. The van der Waals surface area contributed by atoms with E-state index in [9.17, 15) is 9.59 Å². The van der Waals surface area contributed by atoms with Crippen LogP contribution in [0.1, 0.15) is 23.0 Å². The first-order valence-corrected chi connectivity index (χ1v) is 5.43. The monoisotopic (exact) mass is 251 g/mol. The van der Waals surface area contributed by atoms with Gasteiger partial charge in [0.1, 0.15) is 11.1 Å². The van der Waals surface area contributed by atoms with Crippen molar-refractivity contribution in [2.45, 2.75) is 19.9 Å². The van der Waals surface area contributed by atoms with E-state index in [4.69, 9.17) is 9.52 Å². The number of hydrogen-bond donors (Lipinski definition) is 3. The first kappa shape index (κ1) is 12.3. The molecule has 0 fully saturated rings. The third-order valence-electron chi connectivity index (χ3n) is 2.55. The Balaban J connectivity index is 2.53. The van der Waals surface area contributed by atoms with Crippen molar-refractivity contribution in [1.29, 1.82) is 0 Å². The molecular formula is C11H13N3O4. The molecule has 2 aromatic rings. The largest absolute Gasteiger partial charge is 0.442 e. The summed E-state index contributed by atoms with van der Waals surface area (Å²) in [7, 11) is 0. The molecule has 0 spiro atoms. The number of aryl methyl sites for hydroxylation is 1. The first-order valence-electron chi connectivity index (χ1n) is 5.43. The second-order valence-corrected chi connectivity index (χ2v) is 4.00. The maximum atomic E-state index is 12.0. The Hall–Kier alpha value is -2.15. The van der Waals surface area contributed by atoms with Gasteiger partial charge in [0, 0.05) is 6.04 Å². The van der Waals surface area contributed by atoms with Crippen molar-refractivity contribution in [3.63, 3.8) is 0 Å². The fourth-order valence-electron chi connectivity index (χ4n) is 1.67. The number of aliphatic hydroxyl groups is 1. The normalized spacial score (nSPS) is 12.6. The van der Waals surface area contributed by atoms with E-state index in [2.05, 4.69) is 15.3 Å². The highest BCUT2D eigenvalue weighted by molar-refractivity contribution is 6.06. The summed E-state index contributed by atoms with van der Waals surface area (Å²) in [5, 5.41) is 11.6. The lowest BCUT2D eigenvalue weighted by molar-refractivity contribution is 0.0922. The quantitative estimate of drug-likeness (QED) is 0.708. The van der Waals surface area contributed by atoms with Gasteiger partial charge < -0.3 is 19.8 Å². The van der Waals surface area contributed by atoms with E-state index in [1.807, 2.05) is 0 Å². The molecule has 0 saturated heterocycles. The number of nitrogens with zero attached hydrogens (tertiary/aromatic N) is 1. The van der Waals surface area contributed by atoms with Gasteiger partial charge in [-0.1, -0.05) is 0 Å². The topological polar surface area (TPSA) is 108 Å². The molecule has 0 bridgehead atoms. The Kier molecular flexibility index (Phi) is 3.15. The predicted octanol–water partition coefficient (Wildman–Crippen LogP) is -0.0649. The van der Waals surface area contributed by atoms with Crippen molar-refractivity contribution in [2.75, 3.05) is 6.61 Å². The zero-order valence-corrected chi connectivity index (χ0v) is 9.98. The molecule has 18 heavy (non-hydrogen) atoms. The van der Waals surface area contributed by atoms with E-state index in [1.165, 1.54) is 6.33 Å². The summed E-state index contributed by atoms with van der Waals surface area (Å²) in [6.07, 6.45) is 1.21. The van der Waals surface area contributed by atoms with Crippen molar-refractivity contribution in [3.8, 4) is 0 Å². The zero-order valence-electron chi connectivity index (χ0n) is 9.98. The third kappa shape index (κ3) is 2.00. The molecule has 96 valence electrons. The Morgan fingerprint density at radius 1 is 1.67 bits per heavy atom. The molecule has 0 aromatic carbocycles. The Morgan fingerprint density at radius 2 is 2.39 bits per heavy atom. The van der Waals surface area contributed by atoms with Crippen LogP contribution in [0, 0.1) is 6.92 Å². The van der Waals surface area contributed by atoms with Gasteiger partial charge in [0.05, 0.1) is 18.5 Å². The molecule has 0 aliphatic heterocycles. The molecule has 7 nitrogen and oxygen atoms in total. The fourth-order valence-corrected chi connectivity index (χ4v) is 1.67. The number of aliphatic hydroxyl groups excluding tert-OH is 1. The number of rotatable bonds is 3. The van der Waals surface area contributed by atoms with Crippen LogP contribution in [0.2, 0.25) is 0 Å². The standard InChI is InChI=1S/C11H13N3O4/c1-5(3-15)14-10(17)7-6(2)18-11-8(7)9(16)12-4-13-11/h4-5,15H,3H2,1-2H3,(H,14,17)(H,12,13,16)/t5-/m1/s1. The van der Waals surface area contributed by atoms with E-state index in [0.29, 0.717) is 5.76 Å². The number of amides is 1. The van der Waals surface area contributed by atoms with Crippen LogP contribution in [-0.4, -0.2) is 33.6 Å². The minimum atomic E-state index is -0.466. The summed E-state index contributed by atoms with van der Waals surface area (Å²) >= 11 is 0. The maximum Gasteiger partial charge on any atom is 0.262 e. The van der Waals surface area contributed by atoms with Crippen LogP contribution in [0.4, 0.5) is 0 Å². The molecule has 3 N–H and O–H groups in total. The van der Waals surface area contributed by atoms with Gasteiger partial charge >= 0.3 is 0 Å². The molecule has 1 atom stereocenters. The number of hydrogen-bond acceptors (Lipinski definition) is 5. The summed E-state index contributed by atoms with van der Waals surface area (Å²) in [6, 6.07) is -0.405. The van der Waals surface area contributed by atoms with Crippen molar-refractivity contribution >= 4 is 17.0 Å². The van der Waals surface area contributed by atoms with Gasteiger partial charge in [-0.15, -0.1) is 0 Å². The lowest BCUT2D eigenvalue weighted by Crippen LogP contribution is -2.35. The van der Waals surface area contributed by atoms with Crippen molar-refractivity contribution < 1.29 is 14.3 Å². The van der Waals surface area contributed by atoms with Crippen LogP contribution < -0.4 is 10.9 Å². The lowest BCUT2D eigenvalue weighted by Gasteiger charge is -2.09. The number of carbonyl (C=O) groups is 1. The smallest absolute Gasteiger partial charge is 0.262 e. The molecule has 0 aliphatic carbocycles. The summed E-state index contributed by atoms with van der Waals surface area (Å²) in [4.78, 5) is 29.9. The van der Waals surface area contributed by atoms with E-state index in [1.54, 1.807) is 13.8 Å². The van der Waals surface area contributed by atoms with Crippen LogP contribution in [-0.2, 0) is 0 Å². The summed E-state index contributed by atoms with van der Waals surface area (Å²) in [6.45, 7) is 3.05. The highest BCUT2D eigenvalue weighted by atomic mass is 16.3. The molecule has 2 heterocycles. The number of carbonyl (C=O) groups excluding carboxylic acids is 1. The third-order valence-corrected chi connectivity index (χ3v) is 2.55. The van der Waals surface area contributed by atoms with Crippen molar-refractivity contribution in [2.24, 2.45) is 0 Å². The van der Waals surface area contributed by atoms with Gasteiger partial charge in [-0.05, 0) is 13.8 Å². The van der Waals surface area contributed by atoms with E-state index in [-0.39, 0.29) is 23.3 Å². The van der Waals surface area contributed by atoms with Crippen LogP contribution in [0.15, 0.2) is 15.5 Å². The number of aromatic nitrogens is 2. The molecule has 2 rings (SSSR count). The van der Waals surface area contributed by atoms with Gasteiger partial charge in [-0.3, -0.25) is 9.59 Å². The second kappa shape index (κ2) is 4.61. The predicted molar refractivity (Wildman–Crippen MR) is 63.4 cm³/mol. The number of furan rings is 1. The molecule has 0 saturated carbocycles. The Labute approximate surface area is 102 Å².